The monoisotopic (exact) mass is 311 g/mol. The Morgan fingerprint density at radius 1 is 1.45 bits per heavy atom. The molecule has 0 atom stereocenters. The molecule has 5 nitrogen and oxygen atoms in total. The molecule has 0 aliphatic rings. The molecule has 2 rings (SSSR count). The fraction of sp³-hybridized carbons (Fsp3) is 0.308. The summed E-state index contributed by atoms with van der Waals surface area (Å²) in [6.07, 6.45) is 0.835. The van der Waals surface area contributed by atoms with Gasteiger partial charge in [-0.2, -0.15) is 0 Å². The number of ketones is 1. The normalized spacial score (nSPS) is 10.3. The molecule has 0 amide bonds. The van der Waals surface area contributed by atoms with E-state index in [4.69, 9.17) is 16.3 Å². The van der Waals surface area contributed by atoms with Crippen molar-refractivity contribution in [2.24, 2.45) is 0 Å². The van der Waals surface area contributed by atoms with Crippen LogP contribution in [-0.2, 0) is 6.42 Å². The van der Waals surface area contributed by atoms with Crippen molar-refractivity contribution in [3.63, 3.8) is 0 Å². The smallest absolute Gasteiger partial charge is 0.206 e. The lowest BCUT2D eigenvalue weighted by Crippen LogP contribution is -2.13. The number of hydrogen-bond donors (Lipinski definition) is 1. The second-order valence-corrected chi connectivity index (χ2v) is 5.45. The number of rotatable bonds is 6. The highest BCUT2D eigenvalue weighted by atomic mass is 35.5. The van der Waals surface area contributed by atoms with Crippen molar-refractivity contribution in [3.05, 3.63) is 33.8 Å². The number of carbonyl (C=O) groups is 1. The van der Waals surface area contributed by atoms with Crippen LogP contribution < -0.4 is 10.1 Å². The Labute approximate surface area is 125 Å². The number of ether oxygens (including phenoxy) is 1. The van der Waals surface area contributed by atoms with Gasteiger partial charge in [0.15, 0.2) is 5.78 Å². The van der Waals surface area contributed by atoms with Gasteiger partial charge in [0.2, 0.25) is 5.13 Å². The van der Waals surface area contributed by atoms with E-state index in [9.17, 15) is 4.79 Å². The van der Waals surface area contributed by atoms with Crippen molar-refractivity contribution in [1.29, 1.82) is 0 Å². The number of benzene rings is 1. The first kappa shape index (κ1) is 14.7. The topological polar surface area (TPSA) is 64.1 Å². The highest BCUT2D eigenvalue weighted by Crippen LogP contribution is 2.25. The SMILES string of the molecule is CCc1nnc(NCC(=O)c2ccc(OC)c(Cl)c2)s1. The quantitative estimate of drug-likeness (QED) is 0.831. The Hall–Kier alpha value is -1.66. The lowest BCUT2D eigenvalue weighted by molar-refractivity contribution is 0.101. The summed E-state index contributed by atoms with van der Waals surface area (Å²) in [6, 6.07) is 4.96. The molecule has 1 aromatic carbocycles. The number of nitrogens with one attached hydrogen (secondary N) is 1. The van der Waals surface area contributed by atoms with E-state index >= 15 is 0 Å². The minimum absolute atomic E-state index is 0.0669. The van der Waals surface area contributed by atoms with Crippen molar-refractivity contribution in [1.82, 2.24) is 10.2 Å². The van der Waals surface area contributed by atoms with E-state index in [1.165, 1.54) is 18.4 Å². The third-order valence-corrected chi connectivity index (χ3v) is 3.96. The fourth-order valence-electron chi connectivity index (χ4n) is 1.57. The van der Waals surface area contributed by atoms with E-state index in [2.05, 4.69) is 15.5 Å². The number of hydrogen-bond acceptors (Lipinski definition) is 6. The van der Waals surface area contributed by atoms with Gasteiger partial charge < -0.3 is 10.1 Å². The van der Waals surface area contributed by atoms with Gasteiger partial charge in [-0.15, -0.1) is 10.2 Å². The van der Waals surface area contributed by atoms with E-state index in [1.807, 2.05) is 6.92 Å². The number of carbonyl (C=O) groups excluding carboxylic acids is 1. The second-order valence-electron chi connectivity index (χ2n) is 3.98. The van der Waals surface area contributed by atoms with Crippen LogP contribution in [0.1, 0.15) is 22.3 Å². The minimum Gasteiger partial charge on any atom is -0.495 e. The number of aromatic nitrogens is 2. The van der Waals surface area contributed by atoms with Crippen LogP contribution in [-0.4, -0.2) is 29.6 Å². The molecule has 106 valence electrons. The van der Waals surface area contributed by atoms with Crippen LogP contribution in [0.5, 0.6) is 5.75 Å². The van der Waals surface area contributed by atoms with Crippen LogP contribution in [0.25, 0.3) is 0 Å². The first-order chi connectivity index (χ1) is 9.63. The summed E-state index contributed by atoms with van der Waals surface area (Å²) in [5.74, 6) is 0.482. The summed E-state index contributed by atoms with van der Waals surface area (Å²) in [5.41, 5.74) is 0.531. The van der Waals surface area contributed by atoms with Crippen LogP contribution in [0.2, 0.25) is 5.02 Å². The molecule has 0 saturated carbocycles. The third-order valence-electron chi connectivity index (χ3n) is 2.64. The summed E-state index contributed by atoms with van der Waals surface area (Å²) < 4.78 is 5.05. The number of halogens is 1. The van der Waals surface area contributed by atoms with Gasteiger partial charge in [0, 0.05) is 5.56 Å². The lowest BCUT2D eigenvalue weighted by atomic mass is 10.1. The third kappa shape index (κ3) is 3.46. The van der Waals surface area contributed by atoms with Gasteiger partial charge in [-0.25, -0.2) is 0 Å². The van der Waals surface area contributed by atoms with Crippen LogP contribution >= 0.6 is 22.9 Å². The summed E-state index contributed by atoms with van der Waals surface area (Å²) in [5, 5.41) is 12.9. The zero-order chi connectivity index (χ0) is 14.5. The van der Waals surface area contributed by atoms with Crippen LogP contribution in [0.4, 0.5) is 5.13 Å². The molecule has 0 bridgehead atoms. The maximum absolute atomic E-state index is 12.0. The van der Waals surface area contributed by atoms with Crippen molar-refractivity contribution in [2.75, 3.05) is 19.0 Å². The molecule has 2 aromatic rings. The number of anilines is 1. The molecule has 1 aromatic heterocycles. The summed E-state index contributed by atoms with van der Waals surface area (Å²) in [4.78, 5) is 12.0. The summed E-state index contributed by atoms with van der Waals surface area (Å²) in [6.45, 7) is 2.16. The van der Waals surface area contributed by atoms with E-state index in [1.54, 1.807) is 18.2 Å². The Balaban J connectivity index is 1.99. The minimum atomic E-state index is -0.0669. The fourth-order valence-corrected chi connectivity index (χ4v) is 2.50. The molecule has 0 saturated heterocycles. The first-order valence-electron chi connectivity index (χ1n) is 6.07. The van der Waals surface area contributed by atoms with Gasteiger partial charge in [-0.1, -0.05) is 29.9 Å². The van der Waals surface area contributed by atoms with Gasteiger partial charge in [0.25, 0.3) is 0 Å². The maximum atomic E-state index is 12.0. The van der Waals surface area contributed by atoms with Gasteiger partial charge in [-0.05, 0) is 24.6 Å². The number of aryl methyl sites for hydroxylation is 1. The van der Waals surface area contributed by atoms with E-state index in [0.717, 1.165) is 11.4 Å². The van der Waals surface area contributed by atoms with Crippen LogP contribution in [0.15, 0.2) is 18.2 Å². The number of Topliss-reactive ketones (excluding diaryl/α,β-unsaturated/α-hetero) is 1. The largest absolute Gasteiger partial charge is 0.495 e. The molecule has 7 heteroatoms. The predicted octanol–water partition coefficient (Wildman–Crippen LogP) is 3.06. The summed E-state index contributed by atoms with van der Waals surface area (Å²) >= 11 is 7.44. The Morgan fingerprint density at radius 3 is 2.85 bits per heavy atom. The second kappa shape index (κ2) is 6.67. The zero-order valence-corrected chi connectivity index (χ0v) is 12.7. The van der Waals surface area contributed by atoms with Crippen molar-refractivity contribution in [3.8, 4) is 5.75 Å². The number of nitrogens with zero attached hydrogens (tertiary/aromatic N) is 2. The average Bonchev–Trinajstić information content (AvgIpc) is 2.92. The Kier molecular flexibility index (Phi) is 4.92. The first-order valence-corrected chi connectivity index (χ1v) is 7.26. The van der Waals surface area contributed by atoms with Gasteiger partial charge >= 0.3 is 0 Å². The van der Waals surface area contributed by atoms with Gasteiger partial charge in [0.1, 0.15) is 10.8 Å². The average molecular weight is 312 g/mol. The highest BCUT2D eigenvalue weighted by molar-refractivity contribution is 7.15. The van der Waals surface area contributed by atoms with Crippen LogP contribution in [0.3, 0.4) is 0 Å². The standard InChI is InChI=1S/C13H14ClN3O2S/c1-3-12-16-17-13(20-12)15-7-10(18)8-4-5-11(19-2)9(14)6-8/h4-6H,3,7H2,1-2H3,(H,15,17). The maximum Gasteiger partial charge on any atom is 0.206 e. The number of methoxy groups -OCH3 is 1. The molecule has 0 aliphatic heterocycles. The van der Waals surface area contributed by atoms with Crippen molar-refractivity contribution < 1.29 is 9.53 Å². The Morgan fingerprint density at radius 2 is 2.25 bits per heavy atom. The zero-order valence-electron chi connectivity index (χ0n) is 11.1. The molecular weight excluding hydrogens is 298 g/mol. The van der Waals surface area contributed by atoms with Crippen molar-refractivity contribution in [2.45, 2.75) is 13.3 Å². The summed E-state index contributed by atoms with van der Waals surface area (Å²) in [7, 11) is 1.53. The molecule has 0 spiro atoms. The molecule has 1 N–H and O–H groups in total. The Bertz CT molecular complexity index is 615. The molecule has 20 heavy (non-hydrogen) atoms. The molecule has 0 radical (unpaired) electrons. The molecule has 0 aliphatic carbocycles. The van der Waals surface area contributed by atoms with E-state index < -0.39 is 0 Å². The van der Waals surface area contributed by atoms with Gasteiger partial charge in [-0.3, -0.25) is 4.79 Å². The highest BCUT2D eigenvalue weighted by Gasteiger charge is 2.10. The van der Waals surface area contributed by atoms with Crippen molar-refractivity contribution >= 4 is 33.9 Å². The molecule has 1 heterocycles. The van der Waals surface area contributed by atoms with E-state index in [0.29, 0.717) is 21.5 Å². The molecular formula is C13H14ClN3O2S. The van der Waals surface area contributed by atoms with Crippen LogP contribution in [0, 0.1) is 0 Å². The van der Waals surface area contributed by atoms with E-state index in [-0.39, 0.29) is 12.3 Å². The molecule has 0 unspecified atom stereocenters. The van der Waals surface area contributed by atoms with Gasteiger partial charge in [0.05, 0.1) is 18.7 Å². The predicted molar refractivity (Wildman–Crippen MR) is 80.1 cm³/mol. The molecule has 0 fully saturated rings. The lowest BCUT2D eigenvalue weighted by Gasteiger charge is -2.05.